The molecule has 2 heterocycles. The molecule has 5 nitrogen and oxygen atoms in total. The van der Waals surface area contributed by atoms with E-state index in [2.05, 4.69) is 9.98 Å². The van der Waals surface area contributed by atoms with Crippen LogP contribution in [-0.2, 0) is 17.3 Å². The Balaban J connectivity index is 1.84. The minimum Gasteiger partial charge on any atom is -0.378 e. The van der Waals surface area contributed by atoms with Crippen molar-refractivity contribution in [3.63, 3.8) is 0 Å². The number of hydrogen-bond donors (Lipinski definition) is 1. The van der Waals surface area contributed by atoms with Gasteiger partial charge in [-0.3, -0.25) is 4.99 Å². The number of nitrogens with zero attached hydrogens (tertiary/aromatic N) is 3. The van der Waals surface area contributed by atoms with Crippen LogP contribution in [-0.4, -0.2) is 48.7 Å². The minimum absolute atomic E-state index is 0.327. The molecule has 1 aromatic heterocycles. The molecule has 20 heavy (non-hydrogen) atoms. The first-order chi connectivity index (χ1) is 9.47. The lowest BCUT2D eigenvalue weighted by Crippen LogP contribution is -2.44. The van der Waals surface area contributed by atoms with Crippen LogP contribution in [0.5, 0.6) is 0 Å². The van der Waals surface area contributed by atoms with Gasteiger partial charge in [0, 0.05) is 31.4 Å². The van der Waals surface area contributed by atoms with Crippen LogP contribution in [0.25, 0.3) is 0 Å². The Labute approximate surface area is 118 Å². The summed E-state index contributed by atoms with van der Waals surface area (Å²) >= 11 is 0.989. The van der Waals surface area contributed by atoms with Gasteiger partial charge in [0.15, 0.2) is 11.7 Å². The second-order valence-corrected chi connectivity index (χ2v) is 5.16. The van der Waals surface area contributed by atoms with Crippen molar-refractivity contribution in [2.75, 3.05) is 32.8 Å². The van der Waals surface area contributed by atoms with E-state index in [1.54, 1.807) is 0 Å². The molecule has 1 fully saturated rings. The van der Waals surface area contributed by atoms with Crippen LogP contribution in [0.4, 0.5) is 13.2 Å². The molecular formula is C11H15F3N4OS. The molecule has 1 aliphatic rings. The van der Waals surface area contributed by atoms with Gasteiger partial charge in [0.1, 0.15) is 0 Å². The molecule has 0 aromatic carbocycles. The van der Waals surface area contributed by atoms with Gasteiger partial charge in [-0.2, -0.15) is 13.2 Å². The standard InChI is InChI=1S/C11H15F3N4OS/c12-11(13,14)8-7-20-9(17-8)1-2-16-10(15)18-3-5-19-6-4-18/h7H,1-6H2,(H2,15,16). The fraction of sp³-hybridized carbons (Fsp3) is 0.636. The molecule has 2 rings (SSSR count). The average Bonchev–Trinajstić information content (AvgIpc) is 2.88. The second kappa shape index (κ2) is 6.40. The maximum Gasteiger partial charge on any atom is 0.434 e. The summed E-state index contributed by atoms with van der Waals surface area (Å²) in [5.74, 6) is 0.404. The maximum atomic E-state index is 12.4. The van der Waals surface area contributed by atoms with Crippen LogP contribution in [0.2, 0.25) is 0 Å². The van der Waals surface area contributed by atoms with E-state index in [1.165, 1.54) is 0 Å². The number of alkyl halides is 3. The Bertz CT molecular complexity index is 468. The van der Waals surface area contributed by atoms with Crippen molar-refractivity contribution in [3.05, 3.63) is 16.1 Å². The van der Waals surface area contributed by atoms with Crippen LogP contribution in [0.3, 0.4) is 0 Å². The average molecular weight is 308 g/mol. The Morgan fingerprint density at radius 3 is 2.75 bits per heavy atom. The van der Waals surface area contributed by atoms with E-state index in [-0.39, 0.29) is 0 Å². The van der Waals surface area contributed by atoms with Crippen LogP contribution < -0.4 is 5.73 Å². The van der Waals surface area contributed by atoms with Crippen molar-refractivity contribution in [2.24, 2.45) is 10.7 Å². The van der Waals surface area contributed by atoms with Gasteiger partial charge in [-0.15, -0.1) is 11.3 Å². The summed E-state index contributed by atoms with van der Waals surface area (Å²) in [7, 11) is 0. The lowest BCUT2D eigenvalue weighted by Gasteiger charge is -2.27. The van der Waals surface area contributed by atoms with Gasteiger partial charge in [-0.25, -0.2) is 4.98 Å². The number of halogens is 3. The smallest absolute Gasteiger partial charge is 0.378 e. The van der Waals surface area contributed by atoms with Gasteiger partial charge < -0.3 is 15.4 Å². The van der Waals surface area contributed by atoms with Crippen molar-refractivity contribution in [1.82, 2.24) is 9.88 Å². The highest BCUT2D eigenvalue weighted by atomic mass is 32.1. The van der Waals surface area contributed by atoms with Crippen molar-refractivity contribution in [2.45, 2.75) is 12.6 Å². The number of thiazole rings is 1. The summed E-state index contributed by atoms with van der Waals surface area (Å²) < 4.78 is 42.3. The van der Waals surface area contributed by atoms with Crippen molar-refractivity contribution < 1.29 is 17.9 Å². The monoisotopic (exact) mass is 308 g/mol. The molecule has 0 bridgehead atoms. The van der Waals surface area contributed by atoms with Gasteiger partial charge >= 0.3 is 6.18 Å². The summed E-state index contributed by atoms with van der Waals surface area (Å²) in [6.45, 7) is 2.92. The Kier molecular flexibility index (Phi) is 4.81. The molecule has 0 saturated carbocycles. The van der Waals surface area contributed by atoms with Crippen LogP contribution in [0.1, 0.15) is 10.7 Å². The highest BCUT2D eigenvalue weighted by Crippen LogP contribution is 2.30. The van der Waals surface area contributed by atoms with Crippen molar-refractivity contribution in [1.29, 1.82) is 0 Å². The van der Waals surface area contributed by atoms with E-state index in [1.807, 2.05) is 4.90 Å². The fourth-order valence-electron chi connectivity index (χ4n) is 1.71. The Hall–Kier alpha value is -1.35. The summed E-state index contributed by atoms with van der Waals surface area (Å²) in [6, 6.07) is 0. The minimum atomic E-state index is -4.38. The number of rotatable bonds is 3. The summed E-state index contributed by atoms with van der Waals surface area (Å²) in [6.07, 6.45) is -4.03. The summed E-state index contributed by atoms with van der Waals surface area (Å²) in [4.78, 5) is 9.60. The first kappa shape index (κ1) is 15.0. The summed E-state index contributed by atoms with van der Waals surface area (Å²) in [5, 5.41) is 1.43. The number of morpholine rings is 1. The number of aliphatic imine (C=N–C) groups is 1. The van der Waals surface area contributed by atoms with E-state index < -0.39 is 11.9 Å². The van der Waals surface area contributed by atoms with E-state index >= 15 is 0 Å². The third-order valence-electron chi connectivity index (χ3n) is 2.78. The van der Waals surface area contributed by atoms with Gasteiger partial charge in [-0.05, 0) is 0 Å². The van der Waals surface area contributed by atoms with Crippen LogP contribution in [0.15, 0.2) is 10.4 Å². The quantitative estimate of drug-likeness (QED) is 0.676. The lowest BCUT2D eigenvalue weighted by molar-refractivity contribution is -0.140. The molecule has 1 aliphatic heterocycles. The third kappa shape index (κ3) is 4.07. The molecule has 112 valence electrons. The molecule has 0 aliphatic carbocycles. The maximum absolute atomic E-state index is 12.4. The molecule has 0 spiro atoms. The zero-order chi connectivity index (χ0) is 14.6. The first-order valence-electron chi connectivity index (χ1n) is 6.11. The SMILES string of the molecule is NC(=NCCc1nc(C(F)(F)F)cs1)N1CCOCC1. The normalized spacial score (nSPS) is 17.6. The molecule has 0 atom stereocenters. The fourth-order valence-corrected chi connectivity index (χ4v) is 2.51. The van der Waals surface area contributed by atoms with Crippen molar-refractivity contribution >= 4 is 17.3 Å². The molecular weight excluding hydrogens is 293 g/mol. The number of ether oxygens (including phenoxy) is 1. The van der Waals surface area contributed by atoms with Crippen LogP contribution in [0, 0.1) is 0 Å². The topological polar surface area (TPSA) is 63.7 Å². The third-order valence-corrected chi connectivity index (χ3v) is 3.69. The van der Waals surface area contributed by atoms with Crippen LogP contribution >= 0.6 is 11.3 Å². The molecule has 2 N–H and O–H groups in total. The van der Waals surface area contributed by atoms with Crippen molar-refractivity contribution in [3.8, 4) is 0 Å². The van der Waals surface area contributed by atoms with Gasteiger partial charge in [-0.1, -0.05) is 0 Å². The molecule has 1 saturated heterocycles. The van der Waals surface area contributed by atoms with Gasteiger partial charge in [0.05, 0.1) is 18.2 Å². The number of guanidine groups is 1. The number of nitrogens with two attached hydrogens (primary N) is 1. The predicted molar refractivity (Wildman–Crippen MR) is 69.7 cm³/mol. The van der Waals surface area contributed by atoms with Gasteiger partial charge in [0.25, 0.3) is 0 Å². The zero-order valence-electron chi connectivity index (χ0n) is 10.7. The van der Waals surface area contributed by atoms with E-state index in [0.29, 0.717) is 50.2 Å². The molecule has 0 amide bonds. The molecule has 0 unspecified atom stereocenters. The predicted octanol–water partition coefficient (Wildman–Crippen LogP) is 1.35. The molecule has 1 aromatic rings. The zero-order valence-corrected chi connectivity index (χ0v) is 11.5. The highest BCUT2D eigenvalue weighted by Gasteiger charge is 2.33. The van der Waals surface area contributed by atoms with E-state index in [0.717, 1.165) is 16.7 Å². The first-order valence-corrected chi connectivity index (χ1v) is 6.99. The van der Waals surface area contributed by atoms with Gasteiger partial charge in [0.2, 0.25) is 0 Å². The Morgan fingerprint density at radius 1 is 1.45 bits per heavy atom. The largest absolute Gasteiger partial charge is 0.434 e. The molecule has 9 heteroatoms. The molecule has 0 radical (unpaired) electrons. The second-order valence-electron chi connectivity index (χ2n) is 4.21. The Morgan fingerprint density at radius 2 is 2.15 bits per heavy atom. The van der Waals surface area contributed by atoms with E-state index in [4.69, 9.17) is 10.5 Å². The number of hydrogen-bond acceptors (Lipinski definition) is 4. The van der Waals surface area contributed by atoms with E-state index in [9.17, 15) is 13.2 Å². The summed E-state index contributed by atoms with van der Waals surface area (Å²) in [5.41, 5.74) is 4.97. The number of aromatic nitrogens is 1. The highest BCUT2D eigenvalue weighted by molar-refractivity contribution is 7.09. The lowest BCUT2D eigenvalue weighted by atomic mass is 10.4.